The fraction of sp³-hybridized carbons (Fsp3) is 0.0323. The van der Waals surface area contributed by atoms with E-state index < -0.39 is 10.8 Å². The smallest absolute Gasteiger partial charge is 0.132 e. The molecule has 4 aliphatic rings. The van der Waals surface area contributed by atoms with Gasteiger partial charge in [-0.2, -0.15) is 0 Å². The van der Waals surface area contributed by atoms with Gasteiger partial charge in [-0.3, -0.25) is 0 Å². The van der Waals surface area contributed by atoms with Gasteiger partial charge < -0.3 is 14.4 Å². The number of nitrogens with zero attached hydrogens (tertiary/aromatic N) is 1. The summed E-state index contributed by atoms with van der Waals surface area (Å²) in [7, 11) is 0. The van der Waals surface area contributed by atoms with Crippen molar-refractivity contribution in [3.05, 3.63) is 281 Å². The van der Waals surface area contributed by atoms with Crippen molar-refractivity contribution in [3.63, 3.8) is 0 Å². The minimum absolute atomic E-state index is 0.564. The topological polar surface area (TPSA) is 21.7 Å². The van der Waals surface area contributed by atoms with Crippen LogP contribution in [-0.2, 0) is 10.8 Å². The quantitative estimate of drug-likeness (QED) is 0.176. The Morgan fingerprint density at radius 2 is 0.692 bits per heavy atom. The summed E-state index contributed by atoms with van der Waals surface area (Å²) in [4.78, 5) is 2.52. The second-order valence-corrected chi connectivity index (χ2v) is 17.4. The fourth-order valence-corrected chi connectivity index (χ4v) is 12.0. The summed E-state index contributed by atoms with van der Waals surface area (Å²) in [5.74, 6) is 3.54. The van der Waals surface area contributed by atoms with Crippen LogP contribution in [0.15, 0.2) is 237 Å². The Morgan fingerprint density at radius 1 is 0.277 bits per heavy atom. The van der Waals surface area contributed by atoms with E-state index >= 15 is 0 Å². The van der Waals surface area contributed by atoms with Gasteiger partial charge in [0.2, 0.25) is 0 Å². The first-order valence-electron chi connectivity index (χ1n) is 22.4. The van der Waals surface area contributed by atoms with Crippen molar-refractivity contribution in [2.75, 3.05) is 4.90 Å². The molecule has 304 valence electrons. The second kappa shape index (κ2) is 13.6. The van der Waals surface area contributed by atoms with Crippen molar-refractivity contribution in [2.45, 2.75) is 10.8 Å². The minimum Gasteiger partial charge on any atom is -0.457 e. The number of anilines is 3. The average Bonchev–Trinajstić information content (AvgIpc) is 3.83. The van der Waals surface area contributed by atoms with Crippen molar-refractivity contribution in [2.24, 2.45) is 0 Å². The van der Waals surface area contributed by atoms with E-state index in [1.807, 2.05) is 0 Å². The number of benzene rings is 10. The van der Waals surface area contributed by atoms with Crippen LogP contribution in [-0.4, -0.2) is 0 Å². The van der Waals surface area contributed by atoms with Crippen molar-refractivity contribution in [1.82, 2.24) is 0 Å². The van der Waals surface area contributed by atoms with Crippen LogP contribution in [0, 0.1) is 0 Å². The predicted octanol–water partition coefficient (Wildman–Crippen LogP) is 15.8. The highest BCUT2D eigenvalue weighted by atomic mass is 16.5. The summed E-state index contributed by atoms with van der Waals surface area (Å²) >= 11 is 0. The molecule has 2 aliphatic carbocycles. The first kappa shape index (κ1) is 36.1. The Labute approximate surface area is 378 Å². The molecule has 14 rings (SSSR count). The summed E-state index contributed by atoms with van der Waals surface area (Å²) in [5.41, 5.74) is 18.9. The molecule has 0 fully saturated rings. The molecular formula is C62H39NO2. The molecule has 0 unspecified atom stereocenters. The van der Waals surface area contributed by atoms with Crippen LogP contribution in [0.2, 0.25) is 0 Å². The zero-order valence-corrected chi connectivity index (χ0v) is 35.3. The van der Waals surface area contributed by atoms with Crippen molar-refractivity contribution in [3.8, 4) is 56.4 Å². The molecule has 65 heavy (non-hydrogen) atoms. The molecule has 10 aromatic carbocycles. The summed E-state index contributed by atoms with van der Waals surface area (Å²) in [6.45, 7) is 0. The average molecular weight is 830 g/mol. The third-order valence-corrected chi connectivity index (χ3v) is 14.4. The summed E-state index contributed by atoms with van der Waals surface area (Å²) in [5, 5.41) is 0. The van der Waals surface area contributed by atoms with Crippen LogP contribution < -0.4 is 14.4 Å². The lowest BCUT2D eigenvalue weighted by atomic mass is 9.66. The molecule has 10 aromatic rings. The molecule has 0 N–H and O–H groups in total. The Morgan fingerprint density at radius 3 is 1.29 bits per heavy atom. The minimum atomic E-state index is -0.606. The van der Waals surface area contributed by atoms with Gasteiger partial charge in [0, 0.05) is 39.1 Å². The first-order chi connectivity index (χ1) is 32.3. The maximum atomic E-state index is 6.72. The van der Waals surface area contributed by atoms with Crippen molar-refractivity contribution < 1.29 is 9.47 Å². The van der Waals surface area contributed by atoms with E-state index in [-0.39, 0.29) is 0 Å². The first-order valence-corrected chi connectivity index (χ1v) is 22.4. The maximum Gasteiger partial charge on any atom is 0.132 e. The molecule has 0 saturated heterocycles. The van der Waals surface area contributed by atoms with Gasteiger partial charge in [-0.15, -0.1) is 0 Å². The Balaban J connectivity index is 1.08. The molecule has 0 atom stereocenters. The number of rotatable bonds is 4. The highest BCUT2D eigenvalue weighted by molar-refractivity contribution is 6.01. The molecule has 2 aliphatic heterocycles. The molecule has 0 amide bonds. The molecule has 0 saturated carbocycles. The lowest BCUT2D eigenvalue weighted by molar-refractivity contribution is 0.436. The number of para-hydroxylation sites is 5. The molecule has 2 heterocycles. The van der Waals surface area contributed by atoms with E-state index in [0.717, 1.165) is 73.4 Å². The standard InChI is InChI=1S/C62H39NO2/c1-2-19-40(20-3-1)42-21-6-13-31-54(42)63(41-37-38-48-45(39-41)43-22-4-7-24-46(43)61(48)49-26-9-14-33-56(49)64-57-34-15-10-27-50(57)61)55-32-18-30-53-60(55)44-23-5-8-25-47(44)62(53)51-28-11-16-35-58(51)65-59-36-17-12-29-52(59)62/h1-39H. The Bertz CT molecular complexity index is 3500. The molecule has 2 spiro atoms. The Hall–Kier alpha value is -8.40. The van der Waals surface area contributed by atoms with Crippen LogP contribution in [0.1, 0.15) is 44.5 Å². The molecule has 3 nitrogen and oxygen atoms in total. The zero-order chi connectivity index (χ0) is 42.7. The molecule has 3 heteroatoms. The van der Waals surface area contributed by atoms with E-state index in [1.54, 1.807) is 0 Å². The zero-order valence-electron chi connectivity index (χ0n) is 35.3. The third-order valence-electron chi connectivity index (χ3n) is 14.4. The predicted molar refractivity (Wildman–Crippen MR) is 261 cm³/mol. The highest BCUT2D eigenvalue weighted by Gasteiger charge is 2.53. The third kappa shape index (κ3) is 4.74. The van der Waals surface area contributed by atoms with Crippen molar-refractivity contribution >= 4 is 17.1 Å². The lowest BCUT2D eigenvalue weighted by Crippen LogP contribution is -2.32. The fourth-order valence-electron chi connectivity index (χ4n) is 12.0. The van der Waals surface area contributed by atoms with Crippen LogP contribution in [0.25, 0.3) is 33.4 Å². The lowest BCUT2D eigenvalue weighted by Gasteiger charge is -2.39. The highest BCUT2D eigenvalue weighted by Crippen LogP contribution is 2.66. The van der Waals surface area contributed by atoms with Gasteiger partial charge in [0.25, 0.3) is 0 Å². The van der Waals surface area contributed by atoms with E-state index in [1.165, 1.54) is 44.5 Å². The van der Waals surface area contributed by atoms with E-state index in [4.69, 9.17) is 9.47 Å². The summed E-state index contributed by atoms with van der Waals surface area (Å²) < 4.78 is 13.4. The van der Waals surface area contributed by atoms with Gasteiger partial charge in [0.15, 0.2) is 0 Å². The molecule has 0 radical (unpaired) electrons. The summed E-state index contributed by atoms with van der Waals surface area (Å²) in [6.07, 6.45) is 0. The molecule has 0 aromatic heterocycles. The van der Waals surface area contributed by atoms with Crippen LogP contribution >= 0.6 is 0 Å². The maximum absolute atomic E-state index is 6.72. The number of ether oxygens (including phenoxy) is 2. The van der Waals surface area contributed by atoms with Crippen LogP contribution in [0.3, 0.4) is 0 Å². The largest absolute Gasteiger partial charge is 0.457 e. The van der Waals surface area contributed by atoms with E-state index in [0.29, 0.717) is 0 Å². The van der Waals surface area contributed by atoms with Crippen LogP contribution in [0.4, 0.5) is 17.1 Å². The van der Waals surface area contributed by atoms with Gasteiger partial charge in [0.1, 0.15) is 23.0 Å². The van der Waals surface area contributed by atoms with E-state index in [9.17, 15) is 0 Å². The van der Waals surface area contributed by atoms with Gasteiger partial charge in [0.05, 0.1) is 22.2 Å². The SMILES string of the molecule is c1ccc(-c2ccccc2N(c2ccc3c(c2)-c2ccccc2C32c3ccccc3Oc3ccccc32)c2cccc3c2-c2ccccc2C32c3ccccc3Oc3ccccc32)cc1. The van der Waals surface area contributed by atoms with E-state index in [2.05, 4.69) is 241 Å². The number of hydrogen-bond donors (Lipinski definition) is 0. The number of hydrogen-bond acceptors (Lipinski definition) is 3. The number of fused-ring (bicyclic) bond motifs is 18. The molecular weight excluding hydrogens is 791 g/mol. The van der Waals surface area contributed by atoms with Crippen molar-refractivity contribution in [1.29, 1.82) is 0 Å². The summed E-state index contributed by atoms with van der Waals surface area (Å²) in [6, 6.07) is 86.1. The van der Waals surface area contributed by atoms with Gasteiger partial charge >= 0.3 is 0 Å². The second-order valence-electron chi connectivity index (χ2n) is 17.4. The monoisotopic (exact) mass is 829 g/mol. The normalized spacial score (nSPS) is 14.3. The van der Waals surface area contributed by atoms with Gasteiger partial charge in [-0.25, -0.2) is 0 Å². The Kier molecular flexibility index (Phi) is 7.53. The molecule has 0 bridgehead atoms. The van der Waals surface area contributed by atoms with Crippen LogP contribution in [0.5, 0.6) is 23.0 Å². The van der Waals surface area contributed by atoms with Gasteiger partial charge in [-0.05, 0) is 93.0 Å². The van der Waals surface area contributed by atoms with Gasteiger partial charge in [-0.1, -0.05) is 188 Å².